The highest BCUT2D eigenvalue weighted by Gasteiger charge is 2.48. The van der Waals surface area contributed by atoms with Crippen LogP contribution in [0, 0.1) is 0 Å². The van der Waals surface area contributed by atoms with E-state index >= 15 is 0 Å². The molecule has 0 unspecified atom stereocenters. The molecule has 3 heterocycles. The molecule has 28 heavy (non-hydrogen) atoms. The highest BCUT2D eigenvalue weighted by molar-refractivity contribution is 9.10. The molecule has 2 aliphatic rings. The van der Waals surface area contributed by atoms with Crippen LogP contribution in [-0.2, 0) is 0 Å². The number of carbonyl (C=O) groups excluding carboxylic acids is 1. The third-order valence-electron chi connectivity index (χ3n) is 5.34. The number of rotatable bonds is 3. The molecule has 1 aliphatic carbocycles. The Hall–Kier alpha value is -1.97. The second-order valence-electron chi connectivity index (χ2n) is 7.27. The molecule has 2 atom stereocenters. The molecule has 1 fully saturated rings. The molecule has 2 aromatic heterocycles. The molecule has 1 amide bonds. The second-order valence-corrected chi connectivity index (χ2v) is 8.06. The molecule has 1 saturated carbocycles. The SMILES string of the molecule is O=C(NC1CCCCC1)c1nn2c(c1Br)N[C@@H](c1ccco1)C[C@@H]2C(F)(F)F. The average molecular weight is 461 g/mol. The van der Waals surface area contributed by atoms with Crippen molar-refractivity contribution in [3.63, 3.8) is 0 Å². The van der Waals surface area contributed by atoms with E-state index in [0.717, 1.165) is 36.8 Å². The van der Waals surface area contributed by atoms with E-state index in [2.05, 4.69) is 31.7 Å². The van der Waals surface area contributed by atoms with Gasteiger partial charge < -0.3 is 15.1 Å². The lowest BCUT2D eigenvalue weighted by Gasteiger charge is -2.32. The van der Waals surface area contributed by atoms with Gasteiger partial charge in [0.25, 0.3) is 5.91 Å². The molecule has 0 spiro atoms. The number of hydrogen-bond donors (Lipinski definition) is 2. The maximum Gasteiger partial charge on any atom is 0.410 e. The molecule has 152 valence electrons. The fourth-order valence-corrected chi connectivity index (χ4v) is 4.47. The fraction of sp³-hybridized carbons (Fsp3) is 0.556. The van der Waals surface area contributed by atoms with Gasteiger partial charge >= 0.3 is 6.18 Å². The van der Waals surface area contributed by atoms with Crippen molar-refractivity contribution in [2.75, 3.05) is 5.32 Å². The summed E-state index contributed by atoms with van der Waals surface area (Å²) in [5, 5.41) is 9.96. The topological polar surface area (TPSA) is 72.1 Å². The smallest absolute Gasteiger partial charge is 0.410 e. The van der Waals surface area contributed by atoms with Crippen LogP contribution in [-0.4, -0.2) is 27.9 Å². The maximum absolute atomic E-state index is 13.7. The molecule has 4 rings (SSSR count). The number of nitrogens with zero attached hydrogens (tertiary/aromatic N) is 2. The molecule has 6 nitrogen and oxygen atoms in total. The van der Waals surface area contributed by atoms with E-state index in [4.69, 9.17) is 4.42 Å². The van der Waals surface area contributed by atoms with Gasteiger partial charge in [0.1, 0.15) is 11.6 Å². The van der Waals surface area contributed by atoms with Crippen LogP contribution in [0.2, 0.25) is 0 Å². The van der Waals surface area contributed by atoms with Gasteiger partial charge in [-0.1, -0.05) is 19.3 Å². The largest absolute Gasteiger partial charge is 0.467 e. The summed E-state index contributed by atoms with van der Waals surface area (Å²) in [5.74, 6) is 0.0727. The van der Waals surface area contributed by atoms with Crippen LogP contribution in [0.1, 0.15) is 66.9 Å². The van der Waals surface area contributed by atoms with Gasteiger partial charge in [0, 0.05) is 12.5 Å². The number of halogens is 4. The summed E-state index contributed by atoms with van der Waals surface area (Å²) >= 11 is 3.28. The summed E-state index contributed by atoms with van der Waals surface area (Å²) in [4.78, 5) is 12.7. The summed E-state index contributed by atoms with van der Waals surface area (Å²) in [6, 6.07) is 0.766. The molecule has 10 heteroatoms. The number of fused-ring (bicyclic) bond motifs is 1. The number of aromatic nitrogens is 2. The molecule has 2 N–H and O–H groups in total. The normalized spacial score (nSPS) is 23.1. The van der Waals surface area contributed by atoms with Crippen LogP contribution in [0.4, 0.5) is 19.0 Å². The van der Waals surface area contributed by atoms with Crippen LogP contribution in [0.25, 0.3) is 0 Å². The minimum Gasteiger partial charge on any atom is -0.467 e. The van der Waals surface area contributed by atoms with Crippen LogP contribution >= 0.6 is 15.9 Å². The Kier molecular flexibility index (Phi) is 5.15. The zero-order valence-corrected chi connectivity index (χ0v) is 16.5. The number of nitrogens with one attached hydrogen (secondary N) is 2. The summed E-state index contributed by atoms with van der Waals surface area (Å²) in [7, 11) is 0. The van der Waals surface area contributed by atoms with Gasteiger partial charge in [-0.3, -0.25) is 4.79 Å². The number of amides is 1. The first-order chi connectivity index (χ1) is 13.3. The van der Waals surface area contributed by atoms with Gasteiger partial charge in [0.2, 0.25) is 0 Å². The first-order valence-electron chi connectivity index (χ1n) is 9.30. The molecule has 0 saturated heterocycles. The lowest BCUT2D eigenvalue weighted by molar-refractivity contribution is -0.174. The van der Waals surface area contributed by atoms with E-state index in [1.165, 1.54) is 6.26 Å². The van der Waals surface area contributed by atoms with Crippen LogP contribution in [0.5, 0.6) is 0 Å². The summed E-state index contributed by atoms with van der Waals surface area (Å²) in [5.41, 5.74) is -0.0394. The Labute approximate surface area is 168 Å². The van der Waals surface area contributed by atoms with Crippen molar-refractivity contribution >= 4 is 27.7 Å². The molecule has 1 aliphatic heterocycles. The Morgan fingerprint density at radius 3 is 2.71 bits per heavy atom. The lowest BCUT2D eigenvalue weighted by Crippen LogP contribution is -2.37. The number of furan rings is 1. The van der Waals surface area contributed by atoms with Gasteiger partial charge in [-0.25, -0.2) is 4.68 Å². The first-order valence-corrected chi connectivity index (χ1v) is 10.1. The third-order valence-corrected chi connectivity index (χ3v) is 6.09. The molecule has 2 aromatic rings. The van der Waals surface area contributed by atoms with E-state index in [1.54, 1.807) is 12.1 Å². The quantitative estimate of drug-likeness (QED) is 0.678. The van der Waals surface area contributed by atoms with Crippen molar-refractivity contribution in [1.82, 2.24) is 15.1 Å². The van der Waals surface area contributed by atoms with Crippen molar-refractivity contribution in [3.8, 4) is 0 Å². The predicted octanol–water partition coefficient (Wildman–Crippen LogP) is 4.96. The van der Waals surface area contributed by atoms with Crippen molar-refractivity contribution in [3.05, 3.63) is 34.3 Å². The van der Waals surface area contributed by atoms with Crippen LogP contribution < -0.4 is 10.6 Å². The van der Waals surface area contributed by atoms with Gasteiger partial charge in [0.05, 0.1) is 16.8 Å². The predicted molar refractivity (Wildman–Crippen MR) is 99.0 cm³/mol. The van der Waals surface area contributed by atoms with Gasteiger partial charge in [-0.2, -0.15) is 18.3 Å². The number of hydrogen-bond acceptors (Lipinski definition) is 4. The van der Waals surface area contributed by atoms with Gasteiger partial charge in [0.15, 0.2) is 11.7 Å². The summed E-state index contributed by atoms with van der Waals surface area (Å²) in [6.07, 6.45) is 1.60. The molecule has 0 aromatic carbocycles. The minimum atomic E-state index is -4.51. The summed E-state index contributed by atoms with van der Waals surface area (Å²) in [6.45, 7) is 0. The number of alkyl halides is 3. The fourth-order valence-electron chi connectivity index (χ4n) is 3.91. The highest BCUT2D eigenvalue weighted by atomic mass is 79.9. The van der Waals surface area contributed by atoms with E-state index in [1.807, 2.05) is 0 Å². The van der Waals surface area contributed by atoms with Crippen molar-refractivity contribution in [2.24, 2.45) is 0 Å². The Balaban J connectivity index is 1.65. The maximum atomic E-state index is 13.7. The first kappa shape index (κ1) is 19.4. The Bertz CT molecular complexity index is 844. The Morgan fingerprint density at radius 1 is 1.32 bits per heavy atom. The van der Waals surface area contributed by atoms with Crippen molar-refractivity contribution in [1.29, 1.82) is 0 Å². The molecular weight excluding hydrogens is 441 g/mol. The average Bonchev–Trinajstić information content (AvgIpc) is 3.30. The zero-order chi connectivity index (χ0) is 19.9. The monoisotopic (exact) mass is 460 g/mol. The van der Waals surface area contributed by atoms with Gasteiger partial charge in [-0.15, -0.1) is 0 Å². The van der Waals surface area contributed by atoms with Crippen molar-refractivity contribution < 1.29 is 22.4 Å². The molecule has 0 radical (unpaired) electrons. The molecular formula is C18H20BrF3N4O2. The lowest BCUT2D eigenvalue weighted by atomic mass is 9.95. The standard InChI is InChI=1S/C18H20BrF3N4O2/c19-14-15(17(27)23-10-5-2-1-3-6-10)25-26-13(18(20,21)22)9-11(24-16(14)26)12-7-4-8-28-12/h4,7-8,10-11,13,24H,1-3,5-6,9H2,(H,23,27)/t11-,13-/m1/s1. The van der Waals surface area contributed by atoms with E-state index in [-0.39, 0.29) is 28.4 Å². The zero-order valence-electron chi connectivity index (χ0n) is 14.9. The van der Waals surface area contributed by atoms with E-state index in [0.29, 0.717) is 5.76 Å². The van der Waals surface area contributed by atoms with E-state index < -0.39 is 24.2 Å². The van der Waals surface area contributed by atoms with Crippen molar-refractivity contribution in [2.45, 2.75) is 62.8 Å². The minimum absolute atomic E-state index is 0.0362. The highest BCUT2D eigenvalue weighted by Crippen LogP contribution is 2.46. The Morgan fingerprint density at radius 2 is 2.07 bits per heavy atom. The number of anilines is 1. The van der Waals surface area contributed by atoms with Crippen LogP contribution in [0.3, 0.4) is 0 Å². The van der Waals surface area contributed by atoms with Gasteiger partial charge in [-0.05, 0) is 40.9 Å². The number of carbonyl (C=O) groups is 1. The van der Waals surface area contributed by atoms with Crippen LogP contribution in [0.15, 0.2) is 27.3 Å². The second kappa shape index (κ2) is 7.46. The summed E-state index contributed by atoms with van der Waals surface area (Å²) < 4.78 is 47.5. The molecule has 0 bridgehead atoms. The van der Waals surface area contributed by atoms with E-state index in [9.17, 15) is 18.0 Å². The third kappa shape index (κ3) is 3.66.